The quantitative estimate of drug-likeness (QED) is 0.536. The molecule has 4 nitrogen and oxygen atoms in total. The van der Waals surface area contributed by atoms with Crippen LogP contribution in [-0.4, -0.2) is 17.9 Å². The lowest BCUT2D eigenvalue weighted by atomic mass is 9.98. The molecule has 0 radical (unpaired) electrons. The smallest absolute Gasteiger partial charge is 0.355 e. The van der Waals surface area contributed by atoms with Gasteiger partial charge in [-0.15, -0.1) is 0 Å². The fourth-order valence-corrected chi connectivity index (χ4v) is 3.25. The summed E-state index contributed by atoms with van der Waals surface area (Å²) in [5.41, 5.74) is 0.0751. The third-order valence-electron chi connectivity index (χ3n) is 5.24. The average Bonchev–Trinajstić information content (AvgIpc) is 3.47. The third-order valence-corrected chi connectivity index (χ3v) is 5.24. The van der Waals surface area contributed by atoms with Crippen LogP contribution < -0.4 is 10.6 Å². The molecule has 1 saturated carbocycles. The minimum atomic E-state index is -4.95. The molecule has 2 N–H and O–H groups in total. The number of carbonyl (C=O) groups excluding carboxylic acids is 2. The summed E-state index contributed by atoms with van der Waals surface area (Å²) >= 11 is 0. The molecule has 0 aromatic heterocycles. The number of hydrogen-bond acceptors (Lipinski definition) is 3. The number of amides is 1. The largest absolute Gasteiger partial charge is 0.450 e. The zero-order valence-corrected chi connectivity index (χ0v) is 16.7. The number of benzene rings is 2. The van der Waals surface area contributed by atoms with Crippen molar-refractivity contribution in [3.05, 3.63) is 59.7 Å². The van der Waals surface area contributed by atoms with Crippen molar-refractivity contribution in [3.8, 4) is 0 Å². The van der Waals surface area contributed by atoms with Gasteiger partial charge in [0.25, 0.3) is 5.92 Å². The predicted octanol–water partition coefficient (Wildman–Crippen LogP) is 5.46. The van der Waals surface area contributed by atoms with Gasteiger partial charge in [0.15, 0.2) is 0 Å². The second-order valence-electron chi connectivity index (χ2n) is 7.82. The van der Waals surface area contributed by atoms with Crippen LogP contribution in [0.4, 0.5) is 33.3 Å². The lowest BCUT2D eigenvalue weighted by Crippen LogP contribution is -2.36. The Kier molecular flexibility index (Phi) is 6.07. The summed E-state index contributed by atoms with van der Waals surface area (Å²) in [6.45, 7) is 0.888. The molecule has 0 spiro atoms. The molecule has 0 bridgehead atoms. The van der Waals surface area contributed by atoms with Crippen molar-refractivity contribution in [1.82, 2.24) is 5.32 Å². The molecule has 1 aliphatic carbocycles. The Labute approximate surface area is 175 Å². The molecule has 31 heavy (non-hydrogen) atoms. The van der Waals surface area contributed by atoms with E-state index in [1.165, 1.54) is 18.2 Å². The van der Waals surface area contributed by atoms with Crippen LogP contribution in [0, 0.1) is 5.41 Å². The normalized spacial score (nSPS) is 15.3. The van der Waals surface area contributed by atoms with Crippen molar-refractivity contribution in [2.75, 3.05) is 5.32 Å². The molecule has 1 fully saturated rings. The van der Waals surface area contributed by atoms with Gasteiger partial charge in [-0.1, -0.05) is 30.3 Å². The molecule has 9 heteroatoms. The monoisotopic (exact) mass is 440 g/mol. The highest BCUT2D eigenvalue weighted by molar-refractivity contribution is 5.93. The van der Waals surface area contributed by atoms with Gasteiger partial charge in [-0.3, -0.25) is 9.59 Å². The summed E-state index contributed by atoms with van der Waals surface area (Å²) in [7, 11) is 0. The first-order chi connectivity index (χ1) is 14.4. The first kappa shape index (κ1) is 22.7. The maximum atomic E-state index is 13.7. The molecule has 0 heterocycles. The zero-order valence-electron chi connectivity index (χ0n) is 16.7. The molecule has 0 saturated heterocycles. The van der Waals surface area contributed by atoms with Crippen LogP contribution >= 0.6 is 0 Å². The van der Waals surface area contributed by atoms with Gasteiger partial charge in [0.05, 0.1) is 5.41 Å². The molecule has 2 aromatic rings. The first-order valence-corrected chi connectivity index (χ1v) is 9.62. The van der Waals surface area contributed by atoms with Crippen molar-refractivity contribution in [3.63, 3.8) is 0 Å². The Morgan fingerprint density at radius 3 is 2.13 bits per heavy atom. The van der Waals surface area contributed by atoms with E-state index in [-0.39, 0.29) is 30.6 Å². The topological polar surface area (TPSA) is 58.2 Å². The molecule has 1 amide bonds. The molecule has 0 unspecified atom stereocenters. The van der Waals surface area contributed by atoms with E-state index in [4.69, 9.17) is 0 Å². The van der Waals surface area contributed by atoms with E-state index in [0.29, 0.717) is 11.3 Å². The number of alkyl halides is 5. The van der Waals surface area contributed by atoms with Gasteiger partial charge in [-0.2, -0.15) is 13.2 Å². The van der Waals surface area contributed by atoms with E-state index >= 15 is 0 Å². The number of Topliss-reactive ketones (excluding diaryl/α,β-unsaturated/α-hetero) is 1. The summed E-state index contributed by atoms with van der Waals surface area (Å²) in [5, 5.41) is 5.51. The van der Waals surface area contributed by atoms with Crippen molar-refractivity contribution in [2.24, 2.45) is 5.41 Å². The zero-order chi connectivity index (χ0) is 22.9. The van der Waals surface area contributed by atoms with Gasteiger partial charge < -0.3 is 10.6 Å². The Bertz CT molecular complexity index is 961. The SMILES string of the molecule is CC(F)(F)c1ccccc1Nc1ccc(CNC(=O)C2(CC(=O)C(F)(F)F)CC2)cc1. The second-order valence-corrected chi connectivity index (χ2v) is 7.82. The van der Waals surface area contributed by atoms with E-state index in [2.05, 4.69) is 10.6 Å². The minimum Gasteiger partial charge on any atom is -0.355 e. The van der Waals surface area contributed by atoms with Gasteiger partial charge in [-0.25, -0.2) is 8.78 Å². The third kappa shape index (κ3) is 5.59. The van der Waals surface area contributed by atoms with Crippen LogP contribution in [-0.2, 0) is 22.1 Å². The van der Waals surface area contributed by atoms with Crippen molar-refractivity contribution >= 4 is 23.1 Å². The Morgan fingerprint density at radius 2 is 1.58 bits per heavy atom. The van der Waals surface area contributed by atoms with Crippen LogP contribution in [0.5, 0.6) is 0 Å². The van der Waals surface area contributed by atoms with Crippen molar-refractivity contribution in [1.29, 1.82) is 0 Å². The molecule has 1 aliphatic rings. The fraction of sp³-hybridized carbons (Fsp3) is 0.364. The number of anilines is 2. The summed E-state index contributed by atoms with van der Waals surface area (Å²) < 4.78 is 64.9. The number of carbonyl (C=O) groups is 2. The number of halogens is 5. The number of para-hydroxylation sites is 1. The number of rotatable bonds is 8. The fourth-order valence-electron chi connectivity index (χ4n) is 3.25. The van der Waals surface area contributed by atoms with E-state index in [0.717, 1.165) is 6.92 Å². The van der Waals surface area contributed by atoms with E-state index in [1.54, 1.807) is 30.3 Å². The molecule has 3 rings (SSSR count). The molecular weight excluding hydrogens is 419 g/mol. The van der Waals surface area contributed by atoms with E-state index < -0.39 is 35.6 Å². The van der Waals surface area contributed by atoms with Crippen molar-refractivity contribution < 1.29 is 31.5 Å². The highest BCUT2D eigenvalue weighted by Gasteiger charge is 2.54. The average molecular weight is 440 g/mol. The van der Waals surface area contributed by atoms with Gasteiger partial charge >= 0.3 is 6.18 Å². The Balaban J connectivity index is 1.59. The number of nitrogens with one attached hydrogen (secondary N) is 2. The molecule has 2 aromatic carbocycles. The summed E-state index contributed by atoms with van der Waals surface area (Å²) in [6, 6.07) is 12.7. The second kappa shape index (κ2) is 8.28. The van der Waals surface area contributed by atoms with Crippen LogP contribution in [0.15, 0.2) is 48.5 Å². The standard InChI is InChI=1S/C22H21F5N2O2/c1-20(23,24)16-4-2-3-5-17(16)29-15-8-6-14(7-9-15)13-28-19(31)21(10-11-21)12-18(30)22(25,26)27/h2-9,29H,10-13H2,1H3,(H,28,31). The molecule has 166 valence electrons. The molecule has 0 atom stereocenters. The van der Waals surface area contributed by atoms with Gasteiger partial charge in [0, 0.05) is 36.8 Å². The molecule has 0 aliphatic heterocycles. The summed E-state index contributed by atoms with van der Waals surface area (Å²) in [4.78, 5) is 23.5. The summed E-state index contributed by atoms with van der Waals surface area (Å²) in [6.07, 6.45) is -5.30. The summed E-state index contributed by atoms with van der Waals surface area (Å²) in [5.74, 6) is -5.49. The van der Waals surface area contributed by atoms with Crippen molar-refractivity contribution in [2.45, 2.75) is 44.8 Å². The highest BCUT2D eigenvalue weighted by Crippen LogP contribution is 2.50. The predicted molar refractivity (Wildman–Crippen MR) is 105 cm³/mol. The van der Waals surface area contributed by atoms with E-state index in [9.17, 15) is 31.5 Å². The van der Waals surface area contributed by atoms with Crippen LogP contribution in [0.3, 0.4) is 0 Å². The lowest BCUT2D eigenvalue weighted by molar-refractivity contribution is -0.173. The van der Waals surface area contributed by atoms with Crippen LogP contribution in [0.1, 0.15) is 37.3 Å². The van der Waals surface area contributed by atoms with E-state index in [1.807, 2.05) is 0 Å². The maximum Gasteiger partial charge on any atom is 0.450 e. The highest BCUT2D eigenvalue weighted by atomic mass is 19.4. The van der Waals surface area contributed by atoms with Gasteiger partial charge in [0.1, 0.15) is 0 Å². The Morgan fingerprint density at radius 1 is 0.968 bits per heavy atom. The maximum absolute atomic E-state index is 13.7. The number of ketones is 1. The van der Waals surface area contributed by atoms with Gasteiger partial charge in [-0.05, 0) is 36.6 Å². The Hall–Kier alpha value is -2.97. The first-order valence-electron chi connectivity index (χ1n) is 9.62. The van der Waals surface area contributed by atoms with Gasteiger partial charge in [0.2, 0.25) is 11.7 Å². The molecular formula is C22H21F5N2O2. The lowest BCUT2D eigenvalue weighted by Gasteiger charge is -2.17. The number of hydrogen-bond donors (Lipinski definition) is 2. The van der Waals surface area contributed by atoms with Crippen LogP contribution in [0.25, 0.3) is 0 Å². The minimum absolute atomic E-state index is 0.0741. The van der Waals surface area contributed by atoms with Crippen LogP contribution in [0.2, 0.25) is 0 Å².